The van der Waals surface area contributed by atoms with Crippen molar-refractivity contribution in [3.8, 4) is 5.75 Å². The number of hydrogen-bond acceptors (Lipinski definition) is 4. The maximum absolute atomic E-state index is 12.6. The van der Waals surface area contributed by atoms with Crippen LogP contribution in [-0.2, 0) is 21.2 Å². The molecule has 1 aliphatic heterocycles. The smallest absolute Gasteiger partial charge is 0.227 e. The monoisotopic (exact) mass is 374 g/mol. The zero-order chi connectivity index (χ0) is 17.9. The lowest BCUT2D eigenvalue weighted by atomic mass is 10.1. The summed E-state index contributed by atoms with van der Waals surface area (Å²) in [6.45, 7) is 3.60. The number of rotatable bonds is 4. The molecule has 6 nitrogen and oxygen atoms in total. The Kier molecular flexibility index (Phi) is 6.11. The summed E-state index contributed by atoms with van der Waals surface area (Å²) in [6.07, 6.45) is 2.01. The van der Waals surface area contributed by atoms with Crippen LogP contribution in [0.3, 0.4) is 0 Å². The van der Waals surface area contributed by atoms with Gasteiger partial charge in [-0.15, -0.1) is 0 Å². The summed E-state index contributed by atoms with van der Waals surface area (Å²) >= 11 is 6.15. The van der Waals surface area contributed by atoms with Gasteiger partial charge in [0.2, 0.25) is 15.9 Å². The SMILES string of the molecule is COc1cc(C)c(Cl)cc1CC(=O)N1CCCN(S(C)(=O)=O)CC1. The van der Waals surface area contributed by atoms with Crippen molar-refractivity contribution in [2.45, 2.75) is 19.8 Å². The van der Waals surface area contributed by atoms with E-state index in [4.69, 9.17) is 16.3 Å². The van der Waals surface area contributed by atoms with Crippen molar-refractivity contribution in [1.82, 2.24) is 9.21 Å². The molecule has 0 spiro atoms. The maximum atomic E-state index is 12.6. The van der Waals surface area contributed by atoms with Gasteiger partial charge in [0.05, 0.1) is 19.8 Å². The number of nitrogens with zero attached hydrogens (tertiary/aromatic N) is 2. The largest absolute Gasteiger partial charge is 0.496 e. The molecule has 0 aromatic heterocycles. The van der Waals surface area contributed by atoms with E-state index in [0.29, 0.717) is 43.4 Å². The molecule has 0 saturated carbocycles. The van der Waals surface area contributed by atoms with Crippen LogP contribution in [0.25, 0.3) is 0 Å². The lowest BCUT2D eigenvalue weighted by molar-refractivity contribution is -0.130. The molecule has 1 aliphatic rings. The highest BCUT2D eigenvalue weighted by Gasteiger charge is 2.24. The van der Waals surface area contributed by atoms with Gasteiger partial charge in [0.25, 0.3) is 0 Å². The Morgan fingerprint density at radius 1 is 1.25 bits per heavy atom. The summed E-state index contributed by atoms with van der Waals surface area (Å²) in [4.78, 5) is 14.3. The quantitative estimate of drug-likeness (QED) is 0.804. The minimum atomic E-state index is -3.22. The van der Waals surface area contributed by atoms with Gasteiger partial charge in [-0.1, -0.05) is 11.6 Å². The zero-order valence-corrected chi connectivity index (χ0v) is 15.8. The van der Waals surface area contributed by atoms with Crippen LogP contribution in [0, 0.1) is 6.92 Å². The van der Waals surface area contributed by atoms with Crippen molar-refractivity contribution in [2.24, 2.45) is 0 Å². The molecule has 1 fully saturated rings. The van der Waals surface area contributed by atoms with Crippen molar-refractivity contribution in [3.05, 3.63) is 28.3 Å². The summed E-state index contributed by atoms with van der Waals surface area (Å²) in [5, 5.41) is 0.595. The lowest BCUT2D eigenvalue weighted by Crippen LogP contribution is -2.37. The Labute approximate surface area is 148 Å². The molecule has 0 N–H and O–H groups in total. The van der Waals surface area contributed by atoms with Crippen LogP contribution in [0.5, 0.6) is 5.75 Å². The van der Waals surface area contributed by atoms with Crippen LogP contribution in [-0.4, -0.2) is 63.1 Å². The van der Waals surface area contributed by atoms with E-state index in [-0.39, 0.29) is 12.3 Å². The summed E-state index contributed by atoms with van der Waals surface area (Å²) in [6, 6.07) is 3.58. The van der Waals surface area contributed by atoms with Crippen LogP contribution in [0.2, 0.25) is 5.02 Å². The molecule has 0 aliphatic carbocycles. The first-order valence-corrected chi connectivity index (χ1v) is 10.0. The lowest BCUT2D eigenvalue weighted by Gasteiger charge is -2.21. The third-order valence-corrected chi connectivity index (χ3v) is 5.89. The van der Waals surface area contributed by atoms with Gasteiger partial charge in [-0.05, 0) is 31.0 Å². The highest BCUT2D eigenvalue weighted by molar-refractivity contribution is 7.88. The van der Waals surface area contributed by atoms with Crippen molar-refractivity contribution < 1.29 is 17.9 Å². The normalized spacial score (nSPS) is 16.8. The third kappa shape index (κ3) is 4.62. The third-order valence-electron chi connectivity index (χ3n) is 4.18. The Morgan fingerprint density at radius 3 is 2.58 bits per heavy atom. The molecule has 24 heavy (non-hydrogen) atoms. The van der Waals surface area contributed by atoms with Gasteiger partial charge in [-0.2, -0.15) is 0 Å². The fraction of sp³-hybridized carbons (Fsp3) is 0.562. The molecule has 0 atom stereocenters. The minimum Gasteiger partial charge on any atom is -0.496 e. The van der Waals surface area contributed by atoms with E-state index in [0.717, 1.165) is 11.1 Å². The molecule has 8 heteroatoms. The molecular weight excluding hydrogens is 352 g/mol. The fourth-order valence-corrected chi connectivity index (χ4v) is 3.83. The fourth-order valence-electron chi connectivity index (χ4n) is 2.77. The Morgan fingerprint density at radius 2 is 1.96 bits per heavy atom. The number of benzene rings is 1. The second-order valence-electron chi connectivity index (χ2n) is 5.99. The molecule has 2 rings (SSSR count). The number of amides is 1. The van der Waals surface area contributed by atoms with Crippen molar-refractivity contribution >= 4 is 27.5 Å². The predicted octanol–water partition coefficient (Wildman–Crippen LogP) is 1.69. The summed E-state index contributed by atoms with van der Waals surface area (Å²) in [5.41, 5.74) is 1.63. The first kappa shape index (κ1) is 19.0. The second kappa shape index (κ2) is 7.72. The number of hydrogen-bond donors (Lipinski definition) is 0. The van der Waals surface area contributed by atoms with Gasteiger partial charge < -0.3 is 9.64 Å². The van der Waals surface area contributed by atoms with Gasteiger partial charge in [-0.25, -0.2) is 12.7 Å². The molecule has 1 saturated heterocycles. The first-order valence-electron chi connectivity index (χ1n) is 7.78. The predicted molar refractivity (Wildman–Crippen MR) is 94.1 cm³/mol. The molecule has 0 bridgehead atoms. The van der Waals surface area contributed by atoms with Gasteiger partial charge in [-0.3, -0.25) is 4.79 Å². The van der Waals surface area contributed by atoms with Crippen molar-refractivity contribution in [1.29, 1.82) is 0 Å². The van der Waals surface area contributed by atoms with E-state index in [9.17, 15) is 13.2 Å². The van der Waals surface area contributed by atoms with Crippen LogP contribution in [0.4, 0.5) is 0 Å². The van der Waals surface area contributed by atoms with E-state index in [1.807, 2.05) is 13.0 Å². The number of carbonyl (C=O) groups excluding carboxylic acids is 1. The second-order valence-corrected chi connectivity index (χ2v) is 8.38. The highest BCUT2D eigenvalue weighted by Crippen LogP contribution is 2.27. The number of sulfonamides is 1. The average molecular weight is 375 g/mol. The topological polar surface area (TPSA) is 66.9 Å². The van der Waals surface area contributed by atoms with E-state index < -0.39 is 10.0 Å². The first-order chi connectivity index (χ1) is 11.2. The van der Waals surface area contributed by atoms with Gasteiger partial charge in [0.1, 0.15) is 5.75 Å². The average Bonchev–Trinajstić information content (AvgIpc) is 2.76. The van der Waals surface area contributed by atoms with Crippen molar-refractivity contribution in [3.63, 3.8) is 0 Å². The van der Waals surface area contributed by atoms with E-state index >= 15 is 0 Å². The number of methoxy groups -OCH3 is 1. The van der Waals surface area contributed by atoms with Crippen LogP contribution >= 0.6 is 11.6 Å². The molecule has 1 aromatic carbocycles. The van der Waals surface area contributed by atoms with Gasteiger partial charge in [0.15, 0.2) is 0 Å². The summed E-state index contributed by atoms with van der Waals surface area (Å²) in [7, 11) is -1.66. The zero-order valence-electron chi connectivity index (χ0n) is 14.2. The molecule has 1 aromatic rings. The van der Waals surface area contributed by atoms with Crippen LogP contribution in [0.15, 0.2) is 12.1 Å². The summed E-state index contributed by atoms with van der Waals surface area (Å²) in [5.74, 6) is 0.585. The van der Waals surface area contributed by atoms with Crippen molar-refractivity contribution in [2.75, 3.05) is 39.5 Å². The highest BCUT2D eigenvalue weighted by atomic mass is 35.5. The van der Waals surface area contributed by atoms with Gasteiger partial charge in [0, 0.05) is 36.8 Å². The number of aryl methyl sites for hydroxylation is 1. The minimum absolute atomic E-state index is 0.0522. The molecule has 1 amide bonds. The van der Waals surface area contributed by atoms with Gasteiger partial charge >= 0.3 is 0 Å². The Balaban J connectivity index is 2.09. The number of ether oxygens (including phenoxy) is 1. The molecular formula is C16H23ClN2O4S. The molecule has 0 radical (unpaired) electrons. The van der Waals surface area contributed by atoms with Crippen LogP contribution in [0.1, 0.15) is 17.5 Å². The Bertz CT molecular complexity index is 721. The van der Waals surface area contributed by atoms with E-state index in [1.54, 1.807) is 18.1 Å². The molecule has 134 valence electrons. The number of carbonyl (C=O) groups is 1. The standard InChI is InChI=1S/C16H23ClN2O4S/c1-12-9-15(23-2)13(10-14(12)17)11-16(20)18-5-4-6-19(8-7-18)24(3,21)22/h9-10H,4-8,11H2,1-3H3. The van der Waals surface area contributed by atoms with E-state index in [1.165, 1.54) is 10.6 Å². The maximum Gasteiger partial charge on any atom is 0.227 e. The Hall–Kier alpha value is -1.31. The van der Waals surface area contributed by atoms with Crippen LogP contribution < -0.4 is 4.74 Å². The number of halogens is 1. The van der Waals surface area contributed by atoms with E-state index in [2.05, 4.69) is 0 Å². The molecule has 0 unspecified atom stereocenters. The molecule has 1 heterocycles. The summed E-state index contributed by atoms with van der Waals surface area (Å²) < 4.78 is 30.1.